The van der Waals surface area contributed by atoms with Gasteiger partial charge >= 0.3 is 0 Å². The van der Waals surface area contributed by atoms with Gasteiger partial charge in [0.05, 0.1) is 18.6 Å². The molecule has 1 heterocycles. The van der Waals surface area contributed by atoms with E-state index in [0.29, 0.717) is 25.4 Å². The lowest BCUT2D eigenvalue weighted by molar-refractivity contribution is -0.120. The van der Waals surface area contributed by atoms with E-state index in [1.54, 1.807) is 12.1 Å². The van der Waals surface area contributed by atoms with E-state index in [1.165, 1.54) is 19.2 Å². The highest BCUT2D eigenvalue weighted by atomic mass is 32.2. The van der Waals surface area contributed by atoms with E-state index >= 15 is 0 Å². The molecule has 0 radical (unpaired) electrons. The van der Waals surface area contributed by atoms with Crippen molar-refractivity contribution in [3.63, 3.8) is 0 Å². The number of benzene rings is 1. The number of carbonyl (C=O) groups excluding carboxylic acids is 1. The molecule has 1 aliphatic heterocycles. The fourth-order valence-corrected chi connectivity index (χ4v) is 3.29. The van der Waals surface area contributed by atoms with Gasteiger partial charge in [-0.25, -0.2) is 8.42 Å². The second-order valence-corrected chi connectivity index (χ2v) is 6.45. The van der Waals surface area contributed by atoms with Crippen LogP contribution in [0.1, 0.15) is 6.42 Å². The number of Topliss-reactive ketones (excluding diaryl/α,β-unsaturated/α-hetero) is 1. The largest absolute Gasteiger partial charge is 0.497 e. The van der Waals surface area contributed by atoms with Gasteiger partial charge in [0.2, 0.25) is 0 Å². The molecule has 104 valence electrons. The van der Waals surface area contributed by atoms with Gasteiger partial charge in [-0.1, -0.05) is 0 Å². The van der Waals surface area contributed by atoms with Crippen molar-refractivity contribution >= 4 is 15.6 Å². The normalized spacial score (nSPS) is 19.3. The van der Waals surface area contributed by atoms with Gasteiger partial charge in [-0.2, -0.15) is 0 Å². The molecule has 1 atom stereocenters. The van der Waals surface area contributed by atoms with E-state index in [-0.39, 0.29) is 16.6 Å². The number of methoxy groups -OCH3 is 1. The van der Waals surface area contributed by atoms with E-state index in [2.05, 4.69) is 0 Å². The second kappa shape index (κ2) is 5.71. The molecule has 6 heteroatoms. The summed E-state index contributed by atoms with van der Waals surface area (Å²) in [4.78, 5) is 12.0. The van der Waals surface area contributed by atoms with Crippen LogP contribution in [0.25, 0.3) is 0 Å². The van der Waals surface area contributed by atoms with Crippen molar-refractivity contribution in [3.05, 3.63) is 24.3 Å². The molecular weight excluding hydrogens is 268 g/mol. The number of ether oxygens (including phenoxy) is 2. The molecule has 5 nitrogen and oxygen atoms in total. The molecule has 0 spiro atoms. The first-order valence-electron chi connectivity index (χ1n) is 6.00. The molecule has 0 aliphatic carbocycles. The maximum atomic E-state index is 12.1. The van der Waals surface area contributed by atoms with Crippen molar-refractivity contribution in [1.82, 2.24) is 0 Å². The Bertz CT molecular complexity index is 541. The van der Waals surface area contributed by atoms with Crippen molar-refractivity contribution in [2.24, 2.45) is 5.92 Å². The van der Waals surface area contributed by atoms with Gasteiger partial charge < -0.3 is 9.47 Å². The quantitative estimate of drug-likeness (QED) is 0.809. The Balaban J connectivity index is 2.10. The Morgan fingerprint density at radius 2 is 2.05 bits per heavy atom. The molecule has 0 N–H and O–H groups in total. The number of rotatable bonds is 5. The van der Waals surface area contributed by atoms with Crippen LogP contribution >= 0.6 is 0 Å². The van der Waals surface area contributed by atoms with Crippen molar-refractivity contribution in [2.75, 3.05) is 26.1 Å². The maximum absolute atomic E-state index is 12.1. The maximum Gasteiger partial charge on any atom is 0.185 e. The number of carbonyl (C=O) groups is 1. The monoisotopic (exact) mass is 284 g/mol. The summed E-state index contributed by atoms with van der Waals surface area (Å²) in [6.07, 6.45) is 0.608. The molecule has 1 aromatic carbocycles. The summed E-state index contributed by atoms with van der Waals surface area (Å²) in [5.41, 5.74) is 0. The molecule has 1 aromatic rings. The van der Waals surface area contributed by atoms with Crippen molar-refractivity contribution in [1.29, 1.82) is 0 Å². The molecule has 0 aromatic heterocycles. The summed E-state index contributed by atoms with van der Waals surface area (Å²) in [7, 11) is -2.08. The molecule has 1 unspecified atom stereocenters. The molecule has 1 fully saturated rings. The van der Waals surface area contributed by atoms with Crippen molar-refractivity contribution in [2.45, 2.75) is 11.3 Å². The predicted molar refractivity (Wildman–Crippen MR) is 69.0 cm³/mol. The average molecular weight is 284 g/mol. The van der Waals surface area contributed by atoms with E-state index in [4.69, 9.17) is 9.47 Å². The van der Waals surface area contributed by atoms with Gasteiger partial charge in [0, 0.05) is 12.5 Å². The van der Waals surface area contributed by atoms with Gasteiger partial charge in [0.25, 0.3) is 0 Å². The Morgan fingerprint density at radius 1 is 1.37 bits per heavy atom. The lowest BCUT2D eigenvalue weighted by Crippen LogP contribution is -2.24. The minimum absolute atomic E-state index is 0.139. The fourth-order valence-electron chi connectivity index (χ4n) is 1.96. The first-order chi connectivity index (χ1) is 9.03. The van der Waals surface area contributed by atoms with E-state index in [1.807, 2.05) is 0 Å². The lowest BCUT2D eigenvalue weighted by atomic mass is 10.1. The average Bonchev–Trinajstić information content (AvgIpc) is 2.92. The second-order valence-electron chi connectivity index (χ2n) is 4.46. The highest BCUT2D eigenvalue weighted by Crippen LogP contribution is 2.19. The number of hydrogen-bond acceptors (Lipinski definition) is 5. The van der Waals surface area contributed by atoms with Crippen molar-refractivity contribution < 1.29 is 22.7 Å². The minimum Gasteiger partial charge on any atom is -0.497 e. The van der Waals surface area contributed by atoms with Crippen LogP contribution in [0, 0.1) is 5.92 Å². The zero-order valence-electron chi connectivity index (χ0n) is 10.7. The number of ketones is 1. The Labute approximate surface area is 112 Å². The summed E-state index contributed by atoms with van der Waals surface area (Å²) < 4.78 is 34.3. The summed E-state index contributed by atoms with van der Waals surface area (Å²) in [6, 6.07) is 6.03. The fraction of sp³-hybridized carbons (Fsp3) is 0.462. The molecule has 1 saturated heterocycles. The molecular formula is C13H16O5S. The summed E-state index contributed by atoms with van der Waals surface area (Å²) in [5, 5.41) is 0. The summed E-state index contributed by atoms with van der Waals surface area (Å²) >= 11 is 0. The zero-order chi connectivity index (χ0) is 13.9. The van der Waals surface area contributed by atoms with Gasteiger partial charge in [0.15, 0.2) is 15.6 Å². The lowest BCUT2D eigenvalue weighted by Gasteiger charge is -2.08. The Kier molecular flexibility index (Phi) is 4.21. The standard InChI is InChI=1S/C13H16O5S/c1-17-11-2-4-12(5-3-11)19(15,16)9-13(14)10-6-7-18-8-10/h2-5,10H,6-9H2,1H3. The highest BCUT2D eigenvalue weighted by Gasteiger charge is 2.28. The van der Waals surface area contributed by atoms with Crippen LogP contribution < -0.4 is 4.74 Å². The Hall–Kier alpha value is -1.40. The van der Waals surface area contributed by atoms with Crippen LogP contribution in [-0.4, -0.2) is 40.3 Å². The predicted octanol–water partition coefficient (Wildman–Crippen LogP) is 1.07. The van der Waals surface area contributed by atoms with E-state index < -0.39 is 15.6 Å². The third-order valence-corrected chi connectivity index (χ3v) is 4.79. The van der Waals surface area contributed by atoms with Crippen LogP contribution in [0.3, 0.4) is 0 Å². The first kappa shape index (κ1) is 14.0. The molecule has 1 aliphatic rings. The van der Waals surface area contributed by atoms with Crippen LogP contribution in [0.15, 0.2) is 29.2 Å². The SMILES string of the molecule is COc1ccc(S(=O)(=O)CC(=O)C2CCOC2)cc1. The van der Waals surface area contributed by atoms with Crippen molar-refractivity contribution in [3.8, 4) is 5.75 Å². The first-order valence-corrected chi connectivity index (χ1v) is 7.65. The van der Waals surface area contributed by atoms with E-state index in [9.17, 15) is 13.2 Å². The zero-order valence-corrected chi connectivity index (χ0v) is 11.5. The summed E-state index contributed by atoms with van der Waals surface area (Å²) in [6.45, 7) is 0.857. The molecule has 19 heavy (non-hydrogen) atoms. The Morgan fingerprint density at radius 3 is 2.58 bits per heavy atom. The third-order valence-electron chi connectivity index (χ3n) is 3.14. The van der Waals surface area contributed by atoms with Gasteiger partial charge in [-0.15, -0.1) is 0 Å². The van der Waals surface area contributed by atoms with E-state index in [0.717, 1.165) is 0 Å². The van der Waals surface area contributed by atoms with Crippen LogP contribution in [0.5, 0.6) is 5.75 Å². The molecule has 0 bridgehead atoms. The molecule has 2 rings (SSSR count). The van der Waals surface area contributed by atoms with Gasteiger partial charge in [0.1, 0.15) is 11.5 Å². The number of hydrogen-bond donors (Lipinski definition) is 0. The van der Waals surface area contributed by atoms with Gasteiger partial charge in [-0.05, 0) is 30.7 Å². The highest BCUT2D eigenvalue weighted by molar-refractivity contribution is 7.92. The van der Waals surface area contributed by atoms with Crippen LogP contribution in [-0.2, 0) is 19.4 Å². The summed E-state index contributed by atoms with van der Waals surface area (Å²) in [5.74, 6) is -0.441. The molecule has 0 amide bonds. The number of sulfone groups is 1. The molecule has 0 saturated carbocycles. The minimum atomic E-state index is -3.58. The van der Waals surface area contributed by atoms with Crippen LogP contribution in [0.4, 0.5) is 0 Å². The third kappa shape index (κ3) is 3.33. The smallest absolute Gasteiger partial charge is 0.185 e. The topological polar surface area (TPSA) is 69.7 Å². The van der Waals surface area contributed by atoms with Crippen LogP contribution in [0.2, 0.25) is 0 Å². The van der Waals surface area contributed by atoms with Gasteiger partial charge in [-0.3, -0.25) is 4.79 Å².